The van der Waals surface area contributed by atoms with Crippen molar-refractivity contribution in [2.75, 3.05) is 26.2 Å². The van der Waals surface area contributed by atoms with Gasteiger partial charge in [0.25, 0.3) is 0 Å². The second-order valence-electron chi connectivity index (χ2n) is 5.76. The van der Waals surface area contributed by atoms with E-state index in [4.69, 9.17) is 9.72 Å². The summed E-state index contributed by atoms with van der Waals surface area (Å²) in [6.45, 7) is 6.58. The van der Waals surface area contributed by atoms with Crippen LogP contribution in [0.4, 0.5) is 0 Å². The van der Waals surface area contributed by atoms with E-state index in [1.54, 1.807) is 0 Å². The molecule has 0 N–H and O–H groups in total. The van der Waals surface area contributed by atoms with Crippen molar-refractivity contribution in [3.05, 3.63) is 41.1 Å². The molecular weight excluding hydrogens is 347 g/mol. The zero-order valence-corrected chi connectivity index (χ0v) is 15.7. The molecule has 24 heavy (non-hydrogen) atoms. The molecule has 0 atom stereocenters. The summed E-state index contributed by atoms with van der Waals surface area (Å²) in [5, 5.41) is 1.24. The Morgan fingerprint density at radius 2 is 1.92 bits per heavy atom. The standard InChI is InChI=1S/C18H22N2O2.2ClH/c1-3-22-18(21)12-20-10-8-15-13(2)14-6-4-5-7-16(14)19-17(15)9-11-20;;/h4-7H,3,8-12H2,1-2H3;2*1H. The fraction of sp³-hybridized carbons (Fsp3) is 0.444. The van der Waals surface area contributed by atoms with Crippen LogP contribution in [0.2, 0.25) is 0 Å². The van der Waals surface area contributed by atoms with Crippen LogP contribution in [0.3, 0.4) is 0 Å². The molecular formula is C18H24Cl2N2O2. The zero-order chi connectivity index (χ0) is 15.5. The van der Waals surface area contributed by atoms with Crippen LogP contribution >= 0.6 is 24.8 Å². The van der Waals surface area contributed by atoms with Crippen molar-refractivity contribution in [1.82, 2.24) is 9.88 Å². The van der Waals surface area contributed by atoms with Crippen molar-refractivity contribution in [2.45, 2.75) is 26.7 Å². The SMILES string of the molecule is CCOC(=O)CN1CCc2nc3ccccc3c(C)c2CC1.Cl.Cl. The Morgan fingerprint density at radius 1 is 1.21 bits per heavy atom. The second-order valence-corrected chi connectivity index (χ2v) is 5.76. The fourth-order valence-corrected chi connectivity index (χ4v) is 3.21. The highest BCUT2D eigenvalue weighted by molar-refractivity contribution is 5.85. The second kappa shape index (κ2) is 9.21. The molecule has 0 saturated carbocycles. The Balaban J connectivity index is 0.00000144. The lowest BCUT2D eigenvalue weighted by atomic mass is 9.99. The van der Waals surface area contributed by atoms with E-state index in [0.29, 0.717) is 13.2 Å². The van der Waals surface area contributed by atoms with E-state index in [-0.39, 0.29) is 30.8 Å². The van der Waals surface area contributed by atoms with Crippen LogP contribution < -0.4 is 0 Å². The molecule has 1 aliphatic rings. The average molecular weight is 371 g/mol. The first-order chi connectivity index (χ1) is 10.7. The smallest absolute Gasteiger partial charge is 0.320 e. The largest absolute Gasteiger partial charge is 0.465 e. The van der Waals surface area contributed by atoms with Crippen molar-refractivity contribution in [1.29, 1.82) is 0 Å². The van der Waals surface area contributed by atoms with Crippen LogP contribution in [0.5, 0.6) is 0 Å². The summed E-state index contributed by atoms with van der Waals surface area (Å²) in [5.41, 5.74) is 4.93. The highest BCUT2D eigenvalue weighted by Gasteiger charge is 2.20. The maximum atomic E-state index is 11.7. The number of aryl methyl sites for hydroxylation is 1. The van der Waals surface area contributed by atoms with Crippen molar-refractivity contribution in [3.63, 3.8) is 0 Å². The Hall–Kier alpha value is -1.36. The summed E-state index contributed by atoms with van der Waals surface area (Å²) >= 11 is 0. The minimum absolute atomic E-state index is 0. The van der Waals surface area contributed by atoms with Gasteiger partial charge in [-0.25, -0.2) is 0 Å². The minimum atomic E-state index is -0.136. The number of halogens is 2. The first kappa shape index (κ1) is 20.7. The number of pyridine rings is 1. The number of ether oxygens (including phenoxy) is 1. The van der Waals surface area contributed by atoms with Crippen LogP contribution in [0, 0.1) is 6.92 Å². The Morgan fingerprint density at radius 3 is 2.67 bits per heavy atom. The van der Waals surface area contributed by atoms with Crippen LogP contribution in [-0.2, 0) is 22.4 Å². The van der Waals surface area contributed by atoms with Crippen molar-refractivity contribution in [2.24, 2.45) is 0 Å². The molecule has 3 rings (SSSR count). The molecule has 0 fully saturated rings. The molecule has 0 amide bonds. The van der Waals surface area contributed by atoms with E-state index in [9.17, 15) is 4.79 Å². The van der Waals surface area contributed by atoms with Crippen LogP contribution in [0.25, 0.3) is 10.9 Å². The van der Waals surface area contributed by atoms with Crippen molar-refractivity contribution >= 4 is 41.7 Å². The van der Waals surface area contributed by atoms with E-state index in [0.717, 1.165) is 31.4 Å². The van der Waals surface area contributed by atoms with Gasteiger partial charge in [-0.15, -0.1) is 24.8 Å². The summed E-state index contributed by atoms with van der Waals surface area (Å²) in [5.74, 6) is -0.136. The number of carbonyl (C=O) groups is 1. The molecule has 0 radical (unpaired) electrons. The molecule has 1 aromatic heterocycles. The lowest BCUT2D eigenvalue weighted by Gasteiger charge is -2.18. The lowest BCUT2D eigenvalue weighted by molar-refractivity contribution is -0.144. The fourth-order valence-electron chi connectivity index (χ4n) is 3.21. The van der Waals surface area contributed by atoms with Gasteiger partial charge in [-0.1, -0.05) is 18.2 Å². The summed E-state index contributed by atoms with van der Waals surface area (Å²) in [4.78, 5) is 18.7. The molecule has 4 nitrogen and oxygen atoms in total. The highest BCUT2D eigenvalue weighted by atomic mass is 35.5. The highest BCUT2D eigenvalue weighted by Crippen LogP contribution is 2.25. The van der Waals surface area contributed by atoms with Gasteiger partial charge in [-0.05, 0) is 37.5 Å². The average Bonchev–Trinajstić information content (AvgIpc) is 2.71. The number of benzene rings is 1. The van der Waals surface area contributed by atoms with E-state index in [2.05, 4.69) is 30.0 Å². The Kier molecular flexibility index (Phi) is 7.94. The summed E-state index contributed by atoms with van der Waals surface area (Å²) in [6.07, 6.45) is 1.83. The molecule has 0 unspecified atom stereocenters. The van der Waals surface area contributed by atoms with Crippen molar-refractivity contribution in [3.8, 4) is 0 Å². The Bertz CT molecular complexity index is 707. The van der Waals surface area contributed by atoms with E-state index >= 15 is 0 Å². The van der Waals surface area contributed by atoms with Crippen LogP contribution in [-0.4, -0.2) is 42.1 Å². The van der Waals surface area contributed by atoms with E-state index in [1.807, 2.05) is 13.0 Å². The van der Waals surface area contributed by atoms with Gasteiger partial charge < -0.3 is 4.74 Å². The molecule has 1 aliphatic heterocycles. The van der Waals surface area contributed by atoms with Gasteiger partial charge in [0.05, 0.1) is 18.7 Å². The van der Waals surface area contributed by atoms with Gasteiger partial charge in [0.1, 0.15) is 0 Å². The lowest BCUT2D eigenvalue weighted by Crippen LogP contribution is -2.33. The third-order valence-electron chi connectivity index (χ3n) is 4.37. The van der Waals surface area contributed by atoms with Crippen molar-refractivity contribution < 1.29 is 9.53 Å². The number of hydrogen-bond donors (Lipinski definition) is 0. The van der Waals surface area contributed by atoms with Crippen LogP contribution in [0.15, 0.2) is 24.3 Å². The minimum Gasteiger partial charge on any atom is -0.465 e. The Labute approximate surface area is 155 Å². The van der Waals surface area contributed by atoms with Gasteiger partial charge >= 0.3 is 5.97 Å². The molecule has 0 aliphatic carbocycles. The third-order valence-corrected chi connectivity index (χ3v) is 4.37. The number of fused-ring (bicyclic) bond motifs is 2. The van der Waals surface area contributed by atoms with Gasteiger partial charge in [0.15, 0.2) is 0 Å². The zero-order valence-electron chi connectivity index (χ0n) is 14.1. The quantitative estimate of drug-likeness (QED) is 0.776. The van der Waals surface area contributed by atoms with E-state index in [1.165, 1.54) is 22.2 Å². The van der Waals surface area contributed by atoms with Gasteiger partial charge in [0.2, 0.25) is 0 Å². The van der Waals surface area contributed by atoms with Gasteiger partial charge in [-0.3, -0.25) is 14.7 Å². The first-order valence-electron chi connectivity index (χ1n) is 7.94. The number of hydrogen-bond acceptors (Lipinski definition) is 4. The summed E-state index contributed by atoms with van der Waals surface area (Å²) < 4.78 is 5.05. The predicted octanol–water partition coefficient (Wildman–Crippen LogP) is 3.35. The molecule has 0 spiro atoms. The monoisotopic (exact) mass is 370 g/mol. The maximum absolute atomic E-state index is 11.7. The molecule has 132 valence electrons. The number of para-hydroxylation sites is 1. The first-order valence-corrected chi connectivity index (χ1v) is 7.94. The number of rotatable bonds is 3. The molecule has 6 heteroatoms. The maximum Gasteiger partial charge on any atom is 0.320 e. The molecule has 0 saturated heterocycles. The number of carbonyl (C=O) groups excluding carboxylic acids is 1. The molecule has 2 heterocycles. The molecule has 0 bridgehead atoms. The summed E-state index contributed by atoms with van der Waals surface area (Å²) in [6, 6.07) is 8.31. The number of nitrogens with zero attached hydrogens (tertiary/aromatic N) is 2. The topological polar surface area (TPSA) is 42.4 Å². The van der Waals surface area contributed by atoms with E-state index < -0.39 is 0 Å². The third kappa shape index (κ3) is 4.38. The molecule has 2 aromatic rings. The number of esters is 1. The number of aromatic nitrogens is 1. The van der Waals surface area contributed by atoms with Gasteiger partial charge in [0, 0.05) is 30.6 Å². The molecule has 1 aromatic carbocycles. The van der Waals surface area contributed by atoms with Crippen LogP contribution in [0.1, 0.15) is 23.7 Å². The van der Waals surface area contributed by atoms with Gasteiger partial charge in [-0.2, -0.15) is 0 Å². The predicted molar refractivity (Wildman–Crippen MR) is 101 cm³/mol. The summed E-state index contributed by atoms with van der Waals surface area (Å²) in [7, 11) is 0. The normalized spacial score (nSPS) is 14.1.